The Morgan fingerprint density at radius 3 is 2.96 bits per heavy atom. The van der Waals surface area contributed by atoms with Gasteiger partial charge in [0.2, 0.25) is 0 Å². The molecule has 0 amide bonds. The van der Waals surface area contributed by atoms with Crippen molar-refractivity contribution in [2.24, 2.45) is 0 Å². The number of rotatable bonds is 4. The minimum Gasteiger partial charge on any atom is -0.377 e. The quantitative estimate of drug-likeness (QED) is 0.607. The van der Waals surface area contributed by atoms with Crippen LogP contribution in [0.4, 0.5) is 0 Å². The van der Waals surface area contributed by atoms with Crippen LogP contribution in [0.3, 0.4) is 0 Å². The van der Waals surface area contributed by atoms with Crippen molar-refractivity contribution in [1.29, 1.82) is 0 Å². The number of hydrogen-bond donors (Lipinski definition) is 0. The standard InChI is InChI=1S/C18H24N2O2S2/c1-2-20-17(21)15-13-8-3-4-9-14(13)24-16(15)19-18(20)23-11-12-7-5-6-10-22-12/h12H,2-11H2,1H3/t12-/m0/s1. The topological polar surface area (TPSA) is 44.1 Å². The average Bonchev–Trinajstić information content (AvgIpc) is 2.99. The molecule has 24 heavy (non-hydrogen) atoms. The summed E-state index contributed by atoms with van der Waals surface area (Å²) in [5.41, 5.74) is 1.45. The van der Waals surface area contributed by atoms with Gasteiger partial charge in [-0.25, -0.2) is 4.98 Å². The maximum absolute atomic E-state index is 13.0. The van der Waals surface area contributed by atoms with Crippen molar-refractivity contribution in [2.75, 3.05) is 12.4 Å². The number of fused-ring (bicyclic) bond motifs is 3. The lowest BCUT2D eigenvalue weighted by Gasteiger charge is -2.22. The summed E-state index contributed by atoms with van der Waals surface area (Å²) in [7, 11) is 0. The molecule has 130 valence electrons. The van der Waals surface area contributed by atoms with Crippen LogP contribution in [0.2, 0.25) is 0 Å². The van der Waals surface area contributed by atoms with Crippen molar-refractivity contribution in [2.45, 2.75) is 69.7 Å². The lowest BCUT2D eigenvalue weighted by Crippen LogP contribution is -2.25. The van der Waals surface area contributed by atoms with Gasteiger partial charge in [0.1, 0.15) is 4.83 Å². The van der Waals surface area contributed by atoms with Crippen LogP contribution >= 0.6 is 23.1 Å². The maximum Gasteiger partial charge on any atom is 0.263 e. The minimum atomic E-state index is 0.161. The van der Waals surface area contributed by atoms with Crippen LogP contribution in [0.25, 0.3) is 10.2 Å². The van der Waals surface area contributed by atoms with E-state index in [0.717, 1.165) is 47.0 Å². The molecule has 1 aliphatic carbocycles. The van der Waals surface area contributed by atoms with Gasteiger partial charge in [-0.1, -0.05) is 11.8 Å². The highest BCUT2D eigenvalue weighted by Gasteiger charge is 2.22. The van der Waals surface area contributed by atoms with Crippen LogP contribution in [-0.2, 0) is 24.1 Å². The van der Waals surface area contributed by atoms with E-state index in [9.17, 15) is 4.79 Å². The van der Waals surface area contributed by atoms with Gasteiger partial charge in [0.15, 0.2) is 5.16 Å². The number of hydrogen-bond acceptors (Lipinski definition) is 5. The second-order valence-electron chi connectivity index (χ2n) is 6.63. The first-order valence-corrected chi connectivity index (χ1v) is 10.9. The predicted molar refractivity (Wildman–Crippen MR) is 101 cm³/mol. The SMILES string of the molecule is CCn1c(SC[C@@H]2CCCCO2)nc2sc3c(c2c1=O)CCCC3. The van der Waals surface area contributed by atoms with Crippen LogP contribution in [-0.4, -0.2) is 28.0 Å². The number of aryl methyl sites for hydroxylation is 2. The molecular weight excluding hydrogens is 340 g/mol. The second-order valence-corrected chi connectivity index (χ2v) is 8.71. The van der Waals surface area contributed by atoms with Gasteiger partial charge in [0, 0.05) is 23.8 Å². The second kappa shape index (κ2) is 7.18. The molecule has 0 spiro atoms. The fourth-order valence-electron chi connectivity index (χ4n) is 3.72. The van der Waals surface area contributed by atoms with Crippen molar-refractivity contribution in [1.82, 2.24) is 9.55 Å². The summed E-state index contributed by atoms with van der Waals surface area (Å²) in [6.45, 7) is 3.59. The molecule has 2 aromatic heterocycles. The van der Waals surface area contributed by atoms with Gasteiger partial charge in [0.05, 0.1) is 11.5 Å². The summed E-state index contributed by atoms with van der Waals surface area (Å²) in [5, 5.41) is 1.76. The number of nitrogens with zero attached hydrogens (tertiary/aromatic N) is 2. The molecule has 0 saturated carbocycles. The van der Waals surface area contributed by atoms with Crippen LogP contribution in [0.1, 0.15) is 49.5 Å². The summed E-state index contributed by atoms with van der Waals surface area (Å²) < 4.78 is 7.68. The zero-order chi connectivity index (χ0) is 16.5. The average molecular weight is 365 g/mol. The number of ether oxygens (including phenoxy) is 1. The molecule has 1 atom stereocenters. The van der Waals surface area contributed by atoms with Gasteiger partial charge < -0.3 is 4.74 Å². The molecule has 0 unspecified atom stereocenters. The van der Waals surface area contributed by atoms with Gasteiger partial charge in [-0.3, -0.25) is 9.36 Å². The van der Waals surface area contributed by atoms with Crippen LogP contribution in [0.15, 0.2) is 9.95 Å². The van der Waals surface area contributed by atoms with E-state index in [4.69, 9.17) is 9.72 Å². The van der Waals surface area contributed by atoms with Crippen molar-refractivity contribution in [3.63, 3.8) is 0 Å². The van der Waals surface area contributed by atoms with E-state index in [1.165, 1.54) is 36.1 Å². The predicted octanol–water partition coefficient (Wildman–Crippen LogP) is 4.02. The summed E-state index contributed by atoms with van der Waals surface area (Å²) in [6, 6.07) is 0. The third-order valence-corrected chi connectivity index (χ3v) is 7.32. The molecular formula is C18H24N2O2S2. The summed E-state index contributed by atoms with van der Waals surface area (Å²) in [6.07, 6.45) is 8.43. The molecule has 6 heteroatoms. The first kappa shape index (κ1) is 16.6. The van der Waals surface area contributed by atoms with Gasteiger partial charge in [-0.2, -0.15) is 0 Å². The van der Waals surface area contributed by atoms with E-state index in [1.807, 2.05) is 11.5 Å². The summed E-state index contributed by atoms with van der Waals surface area (Å²) in [5.74, 6) is 0.892. The van der Waals surface area contributed by atoms with Crippen molar-refractivity contribution < 1.29 is 4.74 Å². The van der Waals surface area contributed by atoms with Crippen LogP contribution in [0.5, 0.6) is 0 Å². The lowest BCUT2D eigenvalue weighted by atomic mass is 9.97. The largest absolute Gasteiger partial charge is 0.377 e. The third kappa shape index (κ3) is 3.04. The van der Waals surface area contributed by atoms with Crippen molar-refractivity contribution >= 4 is 33.3 Å². The Morgan fingerprint density at radius 2 is 2.17 bits per heavy atom. The van der Waals surface area contributed by atoms with E-state index in [1.54, 1.807) is 23.1 Å². The third-order valence-electron chi connectivity index (χ3n) is 5.03. The highest BCUT2D eigenvalue weighted by Crippen LogP contribution is 2.35. The highest BCUT2D eigenvalue weighted by molar-refractivity contribution is 7.99. The molecule has 3 heterocycles. The normalized spacial score (nSPS) is 21.1. The molecule has 4 rings (SSSR count). The molecule has 2 aliphatic rings. The number of thioether (sulfide) groups is 1. The fourth-order valence-corrected chi connectivity index (χ4v) is 6.15. The van der Waals surface area contributed by atoms with Gasteiger partial charge in [-0.05, 0) is 57.4 Å². The maximum atomic E-state index is 13.0. The highest BCUT2D eigenvalue weighted by atomic mass is 32.2. The van der Waals surface area contributed by atoms with E-state index < -0.39 is 0 Å². The van der Waals surface area contributed by atoms with Crippen molar-refractivity contribution in [3.8, 4) is 0 Å². The Kier molecular flexibility index (Phi) is 4.97. The van der Waals surface area contributed by atoms with Gasteiger partial charge in [0.25, 0.3) is 5.56 Å². The van der Waals surface area contributed by atoms with E-state index in [2.05, 4.69) is 0 Å². The number of thiophene rings is 1. The summed E-state index contributed by atoms with van der Waals surface area (Å²) in [4.78, 5) is 20.3. The molecule has 2 aromatic rings. The van der Waals surface area contributed by atoms with Gasteiger partial charge in [-0.15, -0.1) is 11.3 Å². The minimum absolute atomic E-state index is 0.161. The lowest BCUT2D eigenvalue weighted by molar-refractivity contribution is 0.0315. The molecule has 0 radical (unpaired) electrons. The smallest absolute Gasteiger partial charge is 0.263 e. The Morgan fingerprint density at radius 1 is 1.29 bits per heavy atom. The van der Waals surface area contributed by atoms with E-state index in [-0.39, 0.29) is 5.56 Å². The zero-order valence-electron chi connectivity index (χ0n) is 14.2. The van der Waals surface area contributed by atoms with Crippen LogP contribution in [0, 0.1) is 0 Å². The molecule has 0 aromatic carbocycles. The van der Waals surface area contributed by atoms with Gasteiger partial charge >= 0.3 is 0 Å². The monoisotopic (exact) mass is 364 g/mol. The summed E-state index contributed by atoms with van der Waals surface area (Å²) >= 11 is 3.43. The molecule has 0 bridgehead atoms. The first-order valence-electron chi connectivity index (χ1n) is 9.07. The Labute approximate surface area is 150 Å². The number of aromatic nitrogens is 2. The molecule has 0 N–H and O–H groups in total. The molecule has 1 saturated heterocycles. The van der Waals surface area contributed by atoms with E-state index in [0.29, 0.717) is 12.6 Å². The van der Waals surface area contributed by atoms with E-state index >= 15 is 0 Å². The molecule has 1 aliphatic heterocycles. The van der Waals surface area contributed by atoms with Crippen LogP contribution < -0.4 is 5.56 Å². The Bertz CT molecular complexity index is 790. The Hall–Kier alpha value is -0.850. The first-order chi connectivity index (χ1) is 11.8. The Balaban J connectivity index is 1.68. The zero-order valence-corrected chi connectivity index (χ0v) is 15.8. The fraction of sp³-hybridized carbons (Fsp3) is 0.667. The van der Waals surface area contributed by atoms with Crippen molar-refractivity contribution in [3.05, 3.63) is 20.8 Å². The molecule has 4 nitrogen and oxygen atoms in total. The molecule has 1 fully saturated rings.